The van der Waals surface area contributed by atoms with Crippen LogP contribution < -0.4 is 5.32 Å². The van der Waals surface area contributed by atoms with E-state index in [9.17, 15) is 4.79 Å². The first-order chi connectivity index (χ1) is 8.74. The summed E-state index contributed by atoms with van der Waals surface area (Å²) in [5.74, 6) is -0.0229. The molecule has 94 valence electrons. The standard InChI is InChI=1S/C15H18N2O/c1-3-4-9-16-15(18)14-11(2)17-10-12-7-5-6-8-13(12)14/h5-8,10H,3-4,9H2,1-2H3,(H,16,18). The lowest BCUT2D eigenvalue weighted by molar-refractivity contribution is 0.0954. The molecule has 0 radical (unpaired) electrons. The van der Waals surface area contributed by atoms with Crippen molar-refractivity contribution in [1.82, 2.24) is 10.3 Å². The summed E-state index contributed by atoms with van der Waals surface area (Å²) in [6.07, 6.45) is 3.89. The quantitative estimate of drug-likeness (QED) is 0.837. The minimum Gasteiger partial charge on any atom is -0.352 e. The highest BCUT2D eigenvalue weighted by molar-refractivity contribution is 6.07. The number of nitrogens with one attached hydrogen (secondary N) is 1. The molecule has 2 rings (SSSR count). The van der Waals surface area contributed by atoms with E-state index in [1.165, 1.54) is 0 Å². The van der Waals surface area contributed by atoms with Gasteiger partial charge in [-0.05, 0) is 18.7 Å². The number of carbonyl (C=O) groups excluding carboxylic acids is 1. The van der Waals surface area contributed by atoms with Crippen molar-refractivity contribution in [2.24, 2.45) is 0 Å². The van der Waals surface area contributed by atoms with E-state index in [4.69, 9.17) is 0 Å². The van der Waals surface area contributed by atoms with Crippen LogP contribution in [0.25, 0.3) is 10.8 Å². The lowest BCUT2D eigenvalue weighted by atomic mass is 10.0. The zero-order valence-electron chi connectivity index (χ0n) is 10.9. The first kappa shape index (κ1) is 12.6. The fourth-order valence-corrected chi connectivity index (χ4v) is 2.02. The summed E-state index contributed by atoms with van der Waals surface area (Å²) in [5.41, 5.74) is 1.48. The first-order valence-electron chi connectivity index (χ1n) is 6.36. The molecule has 1 aromatic heterocycles. The van der Waals surface area contributed by atoms with Gasteiger partial charge in [0.1, 0.15) is 0 Å². The van der Waals surface area contributed by atoms with Gasteiger partial charge in [0.05, 0.1) is 11.3 Å². The number of aryl methyl sites for hydroxylation is 1. The van der Waals surface area contributed by atoms with Crippen LogP contribution in [0.5, 0.6) is 0 Å². The molecule has 0 atom stereocenters. The van der Waals surface area contributed by atoms with Crippen LogP contribution in [0.4, 0.5) is 0 Å². The summed E-state index contributed by atoms with van der Waals surface area (Å²) >= 11 is 0. The third kappa shape index (κ3) is 2.50. The molecule has 0 aliphatic rings. The van der Waals surface area contributed by atoms with Crippen LogP contribution >= 0.6 is 0 Å². The van der Waals surface area contributed by atoms with Crippen molar-refractivity contribution in [1.29, 1.82) is 0 Å². The molecule has 3 nitrogen and oxygen atoms in total. The molecule has 0 saturated heterocycles. The van der Waals surface area contributed by atoms with Crippen molar-refractivity contribution in [3.05, 3.63) is 41.7 Å². The maximum atomic E-state index is 12.2. The van der Waals surface area contributed by atoms with Crippen molar-refractivity contribution in [2.75, 3.05) is 6.54 Å². The average Bonchev–Trinajstić information content (AvgIpc) is 2.38. The van der Waals surface area contributed by atoms with Gasteiger partial charge in [-0.3, -0.25) is 9.78 Å². The molecule has 0 bridgehead atoms. The van der Waals surface area contributed by atoms with Crippen LogP contribution in [0, 0.1) is 6.92 Å². The second-order valence-electron chi connectivity index (χ2n) is 4.42. The van der Waals surface area contributed by atoms with Gasteiger partial charge in [0, 0.05) is 18.1 Å². The number of benzene rings is 1. The van der Waals surface area contributed by atoms with Crippen LogP contribution in [-0.4, -0.2) is 17.4 Å². The van der Waals surface area contributed by atoms with Crippen LogP contribution in [0.2, 0.25) is 0 Å². The molecule has 0 aliphatic heterocycles. The fourth-order valence-electron chi connectivity index (χ4n) is 2.02. The summed E-state index contributed by atoms with van der Waals surface area (Å²) < 4.78 is 0. The third-order valence-corrected chi connectivity index (χ3v) is 3.03. The molecule has 18 heavy (non-hydrogen) atoms. The molecule has 1 heterocycles. The van der Waals surface area contributed by atoms with E-state index in [2.05, 4.69) is 17.2 Å². The van der Waals surface area contributed by atoms with Gasteiger partial charge in [0.25, 0.3) is 5.91 Å². The molecule has 0 spiro atoms. The lowest BCUT2D eigenvalue weighted by Crippen LogP contribution is -2.25. The Kier molecular flexibility index (Phi) is 3.92. The highest BCUT2D eigenvalue weighted by Crippen LogP contribution is 2.19. The molecule has 0 aliphatic carbocycles. The molecule has 0 saturated carbocycles. The van der Waals surface area contributed by atoms with E-state index in [0.717, 1.165) is 35.9 Å². The van der Waals surface area contributed by atoms with Crippen LogP contribution in [-0.2, 0) is 0 Å². The predicted molar refractivity (Wildman–Crippen MR) is 73.7 cm³/mol. The van der Waals surface area contributed by atoms with Gasteiger partial charge >= 0.3 is 0 Å². The smallest absolute Gasteiger partial charge is 0.253 e. The Hall–Kier alpha value is -1.90. The fraction of sp³-hybridized carbons (Fsp3) is 0.333. The van der Waals surface area contributed by atoms with E-state index in [0.29, 0.717) is 5.56 Å². The number of hydrogen-bond acceptors (Lipinski definition) is 2. The number of carbonyl (C=O) groups is 1. The molecular formula is C15H18N2O. The summed E-state index contributed by atoms with van der Waals surface area (Å²) in [6.45, 7) is 4.70. The average molecular weight is 242 g/mol. The molecule has 0 fully saturated rings. The van der Waals surface area contributed by atoms with Gasteiger partial charge in [-0.25, -0.2) is 0 Å². The van der Waals surface area contributed by atoms with Gasteiger partial charge in [-0.1, -0.05) is 37.6 Å². The number of aromatic nitrogens is 1. The second kappa shape index (κ2) is 5.63. The minimum absolute atomic E-state index is 0.0229. The van der Waals surface area contributed by atoms with Crippen molar-refractivity contribution in [3.8, 4) is 0 Å². The molecular weight excluding hydrogens is 224 g/mol. The Bertz CT molecular complexity index is 563. The SMILES string of the molecule is CCCCNC(=O)c1c(C)ncc2ccccc12. The van der Waals surface area contributed by atoms with Gasteiger partial charge < -0.3 is 5.32 Å². The summed E-state index contributed by atoms with van der Waals surface area (Å²) in [5, 5.41) is 4.93. The highest BCUT2D eigenvalue weighted by atomic mass is 16.1. The maximum absolute atomic E-state index is 12.2. The molecule has 2 aromatic rings. The van der Waals surface area contributed by atoms with Crippen LogP contribution in [0.15, 0.2) is 30.5 Å². The molecule has 1 N–H and O–H groups in total. The minimum atomic E-state index is -0.0229. The maximum Gasteiger partial charge on any atom is 0.253 e. The van der Waals surface area contributed by atoms with E-state index >= 15 is 0 Å². The summed E-state index contributed by atoms with van der Waals surface area (Å²) in [4.78, 5) is 16.5. The van der Waals surface area contributed by atoms with E-state index in [1.807, 2.05) is 37.4 Å². The van der Waals surface area contributed by atoms with Gasteiger partial charge in [-0.2, -0.15) is 0 Å². The van der Waals surface area contributed by atoms with Crippen LogP contribution in [0.1, 0.15) is 35.8 Å². The number of fused-ring (bicyclic) bond motifs is 1. The first-order valence-corrected chi connectivity index (χ1v) is 6.36. The largest absolute Gasteiger partial charge is 0.352 e. The summed E-state index contributed by atoms with van der Waals surface area (Å²) in [7, 11) is 0. The van der Waals surface area contributed by atoms with Crippen molar-refractivity contribution in [2.45, 2.75) is 26.7 Å². The highest BCUT2D eigenvalue weighted by Gasteiger charge is 2.13. The number of amides is 1. The topological polar surface area (TPSA) is 42.0 Å². The van der Waals surface area contributed by atoms with Gasteiger partial charge in [-0.15, -0.1) is 0 Å². The van der Waals surface area contributed by atoms with E-state index in [1.54, 1.807) is 0 Å². The Morgan fingerprint density at radius 1 is 1.33 bits per heavy atom. The molecule has 0 unspecified atom stereocenters. The monoisotopic (exact) mass is 242 g/mol. The van der Waals surface area contributed by atoms with Crippen LogP contribution in [0.3, 0.4) is 0 Å². The van der Waals surface area contributed by atoms with Gasteiger partial charge in [0.2, 0.25) is 0 Å². The number of unbranched alkanes of at least 4 members (excludes halogenated alkanes) is 1. The number of hydrogen-bond donors (Lipinski definition) is 1. The Labute approximate surface area is 107 Å². The molecule has 1 amide bonds. The molecule has 3 heteroatoms. The number of nitrogens with zero attached hydrogens (tertiary/aromatic N) is 1. The zero-order valence-corrected chi connectivity index (χ0v) is 10.9. The van der Waals surface area contributed by atoms with Crippen molar-refractivity contribution >= 4 is 16.7 Å². The molecule has 1 aromatic carbocycles. The Morgan fingerprint density at radius 3 is 2.89 bits per heavy atom. The third-order valence-electron chi connectivity index (χ3n) is 3.03. The van der Waals surface area contributed by atoms with Gasteiger partial charge in [0.15, 0.2) is 0 Å². The van der Waals surface area contributed by atoms with Crippen molar-refractivity contribution < 1.29 is 4.79 Å². The lowest BCUT2D eigenvalue weighted by Gasteiger charge is -2.09. The Morgan fingerprint density at radius 2 is 2.11 bits per heavy atom. The van der Waals surface area contributed by atoms with E-state index < -0.39 is 0 Å². The Balaban J connectivity index is 2.36. The van der Waals surface area contributed by atoms with E-state index in [-0.39, 0.29) is 5.91 Å². The second-order valence-corrected chi connectivity index (χ2v) is 4.42. The zero-order chi connectivity index (χ0) is 13.0. The normalized spacial score (nSPS) is 10.6. The number of pyridine rings is 1. The predicted octanol–water partition coefficient (Wildman–Crippen LogP) is 3.07. The summed E-state index contributed by atoms with van der Waals surface area (Å²) in [6, 6.07) is 7.85. The van der Waals surface area contributed by atoms with Crippen molar-refractivity contribution in [3.63, 3.8) is 0 Å². The number of rotatable bonds is 4.